The number of nitrogens with one attached hydrogen (secondary N) is 1. The van der Waals surface area contributed by atoms with Gasteiger partial charge in [-0.15, -0.1) is 0 Å². The van der Waals surface area contributed by atoms with Crippen LogP contribution in [0.4, 0.5) is 5.69 Å². The largest absolute Gasteiger partial charge is 1.00 e. The molecule has 122 valence electrons. The van der Waals surface area contributed by atoms with Crippen molar-refractivity contribution >= 4 is 15.7 Å². The number of aliphatic hydroxyl groups is 1. The first kappa shape index (κ1) is 18.5. The minimum absolute atomic E-state index is 0. The van der Waals surface area contributed by atoms with E-state index in [1.807, 2.05) is 34.9 Å². The van der Waals surface area contributed by atoms with Crippen LogP contribution < -0.4 is 21.7 Å². The number of aryl methyl sites for hydroxylation is 2. The van der Waals surface area contributed by atoms with Gasteiger partial charge in [0.25, 0.3) is 0 Å². The van der Waals surface area contributed by atoms with Crippen molar-refractivity contribution in [3.63, 3.8) is 0 Å². The van der Waals surface area contributed by atoms with Gasteiger partial charge in [0.05, 0.1) is 26.0 Å². The Bertz CT molecular complexity index is 698. The number of imidazole rings is 1. The third-order valence-electron chi connectivity index (χ3n) is 3.08. The smallest absolute Gasteiger partial charge is 0.243 e. The average Bonchev–Trinajstić information content (AvgIpc) is 2.81. The standard InChI is InChI=1S/C14H20N3O3S.ClH/c1-16-9-10-17(11-16)8-7-14(18)12-3-5-13(6-4-12)15-21(2,19)20;/h3-6,9-11,14-15,18H,7-8H2,1-2H3;1H/q+1;/p-1. The maximum atomic E-state index is 11.1. The maximum Gasteiger partial charge on any atom is 0.243 e. The first-order valence-electron chi connectivity index (χ1n) is 6.60. The molecular formula is C14H20ClN3O3S. The highest BCUT2D eigenvalue weighted by Gasteiger charge is 2.10. The van der Waals surface area contributed by atoms with Crippen LogP contribution in [0.1, 0.15) is 18.1 Å². The van der Waals surface area contributed by atoms with Gasteiger partial charge in [0.2, 0.25) is 16.4 Å². The number of sulfonamides is 1. The van der Waals surface area contributed by atoms with Crippen molar-refractivity contribution in [3.8, 4) is 0 Å². The van der Waals surface area contributed by atoms with E-state index in [1.54, 1.807) is 24.3 Å². The molecule has 0 radical (unpaired) electrons. The van der Waals surface area contributed by atoms with Crippen molar-refractivity contribution in [2.45, 2.75) is 19.1 Å². The predicted molar refractivity (Wildman–Crippen MR) is 80.1 cm³/mol. The van der Waals surface area contributed by atoms with Crippen LogP contribution in [0.15, 0.2) is 43.0 Å². The van der Waals surface area contributed by atoms with Gasteiger partial charge in [0.15, 0.2) is 0 Å². The van der Waals surface area contributed by atoms with Gasteiger partial charge >= 0.3 is 0 Å². The summed E-state index contributed by atoms with van der Waals surface area (Å²) >= 11 is 0. The second-order valence-corrected chi connectivity index (χ2v) is 6.87. The van der Waals surface area contributed by atoms with Crippen molar-refractivity contribution in [2.75, 3.05) is 11.0 Å². The van der Waals surface area contributed by atoms with E-state index >= 15 is 0 Å². The molecule has 0 aliphatic carbocycles. The van der Waals surface area contributed by atoms with E-state index in [2.05, 4.69) is 4.72 Å². The summed E-state index contributed by atoms with van der Waals surface area (Å²) in [7, 11) is -1.33. The highest BCUT2D eigenvalue weighted by Crippen LogP contribution is 2.20. The minimum Gasteiger partial charge on any atom is -1.00 e. The van der Waals surface area contributed by atoms with Crippen LogP contribution in [0, 0.1) is 0 Å². The van der Waals surface area contributed by atoms with Crippen LogP contribution >= 0.6 is 0 Å². The molecule has 1 aromatic carbocycles. The molecule has 2 rings (SSSR count). The number of aliphatic hydroxyl groups excluding tert-OH is 1. The Kier molecular flexibility index (Phi) is 6.40. The number of nitrogens with zero attached hydrogens (tertiary/aromatic N) is 2. The Morgan fingerprint density at radius 1 is 1.32 bits per heavy atom. The molecule has 1 aromatic heterocycles. The predicted octanol–water partition coefficient (Wildman–Crippen LogP) is -2.19. The molecule has 1 atom stereocenters. The van der Waals surface area contributed by atoms with Gasteiger partial charge in [0.1, 0.15) is 12.4 Å². The van der Waals surface area contributed by atoms with E-state index in [0.717, 1.165) is 11.8 Å². The fourth-order valence-electron chi connectivity index (χ4n) is 2.06. The summed E-state index contributed by atoms with van der Waals surface area (Å²) in [6.07, 6.45) is 6.96. The number of hydrogen-bond acceptors (Lipinski definition) is 3. The van der Waals surface area contributed by atoms with Gasteiger partial charge < -0.3 is 17.5 Å². The van der Waals surface area contributed by atoms with E-state index in [1.165, 1.54) is 0 Å². The lowest BCUT2D eigenvalue weighted by Gasteiger charge is -2.11. The van der Waals surface area contributed by atoms with Crippen molar-refractivity contribution < 1.29 is 30.5 Å². The molecule has 0 fully saturated rings. The summed E-state index contributed by atoms with van der Waals surface area (Å²) in [5.74, 6) is 0. The maximum absolute atomic E-state index is 11.1. The zero-order valence-electron chi connectivity index (χ0n) is 12.5. The minimum atomic E-state index is -3.27. The number of aromatic nitrogens is 2. The van der Waals surface area contributed by atoms with Gasteiger partial charge in [-0.05, 0) is 17.7 Å². The Labute approximate surface area is 136 Å². The SMILES string of the molecule is C[n+]1ccn(CCC(O)c2ccc(NS(C)(=O)=O)cc2)c1.[Cl-]. The lowest BCUT2D eigenvalue weighted by Crippen LogP contribution is -3.00. The lowest BCUT2D eigenvalue weighted by molar-refractivity contribution is -0.671. The second kappa shape index (κ2) is 7.62. The van der Waals surface area contributed by atoms with Crippen LogP contribution in [0.5, 0.6) is 0 Å². The van der Waals surface area contributed by atoms with Gasteiger partial charge in [0, 0.05) is 12.1 Å². The molecule has 0 saturated heterocycles. The number of benzene rings is 1. The Morgan fingerprint density at radius 3 is 2.45 bits per heavy atom. The third-order valence-corrected chi connectivity index (χ3v) is 3.69. The Morgan fingerprint density at radius 2 is 1.95 bits per heavy atom. The van der Waals surface area contributed by atoms with E-state index in [4.69, 9.17) is 0 Å². The molecule has 22 heavy (non-hydrogen) atoms. The molecule has 0 spiro atoms. The molecule has 1 heterocycles. The number of hydrogen-bond donors (Lipinski definition) is 2. The van der Waals surface area contributed by atoms with Crippen molar-refractivity contribution in [1.29, 1.82) is 0 Å². The molecule has 2 N–H and O–H groups in total. The molecule has 2 aromatic rings. The number of halogens is 1. The topological polar surface area (TPSA) is 75.2 Å². The highest BCUT2D eigenvalue weighted by molar-refractivity contribution is 7.92. The van der Waals surface area contributed by atoms with E-state index < -0.39 is 16.1 Å². The molecule has 0 saturated carbocycles. The molecule has 8 heteroatoms. The van der Waals surface area contributed by atoms with E-state index in [9.17, 15) is 13.5 Å². The van der Waals surface area contributed by atoms with Crippen LogP contribution in [0.2, 0.25) is 0 Å². The van der Waals surface area contributed by atoms with Crippen molar-refractivity contribution in [3.05, 3.63) is 48.5 Å². The monoisotopic (exact) mass is 345 g/mol. The third kappa shape index (κ3) is 5.67. The van der Waals surface area contributed by atoms with Gasteiger partial charge in [-0.3, -0.25) is 4.72 Å². The number of rotatable bonds is 6. The Hall–Kier alpha value is -1.57. The van der Waals surface area contributed by atoms with Crippen molar-refractivity contribution in [2.24, 2.45) is 7.05 Å². The average molecular weight is 346 g/mol. The summed E-state index contributed by atoms with van der Waals surface area (Å²) < 4.78 is 28.6. The summed E-state index contributed by atoms with van der Waals surface area (Å²) in [6, 6.07) is 6.76. The summed E-state index contributed by atoms with van der Waals surface area (Å²) in [5, 5.41) is 10.2. The molecule has 0 bridgehead atoms. The molecule has 0 aliphatic heterocycles. The highest BCUT2D eigenvalue weighted by atomic mass is 35.5. The van der Waals surface area contributed by atoms with Gasteiger partial charge in [-0.1, -0.05) is 12.1 Å². The molecule has 0 amide bonds. The quantitative estimate of drug-likeness (QED) is 0.584. The second-order valence-electron chi connectivity index (χ2n) is 5.12. The van der Waals surface area contributed by atoms with Crippen LogP contribution in [-0.4, -0.2) is 24.3 Å². The van der Waals surface area contributed by atoms with E-state index in [-0.39, 0.29) is 12.4 Å². The first-order valence-corrected chi connectivity index (χ1v) is 8.49. The van der Waals surface area contributed by atoms with Crippen LogP contribution in [0.3, 0.4) is 0 Å². The zero-order chi connectivity index (χ0) is 15.5. The molecule has 1 unspecified atom stereocenters. The van der Waals surface area contributed by atoms with Crippen LogP contribution in [0.25, 0.3) is 0 Å². The summed E-state index contributed by atoms with van der Waals surface area (Å²) in [6.45, 7) is 0.714. The number of anilines is 1. The van der Waals surface area contributed by atoms with Gasteiger partial charge in [-0.2, -0.15) is 0 Å². The Balaban J connectivity index is 0.00000242. The summed E-state index contributed by atoms with van der Waals surface area (Å²) in [5.41, 5.74) is 1.26. The van der Waals surface area contributed by atoms with Gasteiger partial charge in [-0.25, -0.2) is 17.6 Å². The van der Waals surface area contributed by atoms with Crippen LogP contribution in [-0.2, 0) is 23.6 Å². The lowest BCUT2D eigenvalue weighted by atomic mass is 10.1. The fourth-order valence-corrected chi connectivity index (χ4v) is 2.62. The molecule has 6 nitrogen and oxygen atoms in total. The molecular weight excluding hydrogens is 326 g/mol. The zero-order valence-corrected chi connectivity index (χ0v) is 14.0. The van der Waals surface area contributed by atoms with E-state index in [0.29, 0.717) is 18.7 Å². The fraction of sp³-hybridized carbons (Fsp3) is 0.357. The molecule has 0 aliphatic rings. The summed E-state index contributed by atoms with van der Waals surface area (Å²) in [4.78, 5) is 0. The van der Waals surface area contributed by atoms with Crippen molar-refractivity contribution in [1.82, 2.24) is 4.57 Å². The first-order chi connectivity index (χ1) is 9.83. The normalized spacial score (nSPS) is 12.5.